The van der Waals surface area contributed by atoms with Crippen molar-refractivity contribution in [2.75, 3.05) is 13.1 Å². The molecule has 26 heavy (non-hydrogen) atoms. The molecule has 1 atom stereocenters. The van der Waals surface area contributed by atoms with E-state index in [-0.39, 0.29) is 36.5 Å². The monoisotopic (exact) mass is 352 g/mol. The van der Waals surface area contributed by atoms with Crippen molar-refractivity contribution in [3.63, 3.8) is 0 Å². The van der Waals surface area contributed by atoms with Gasteiger partial charge >= 0.3 is 0 Å². The van der Waals surface area contributed by atoms with E-state index in [4.69, 9.17) is 0 Å². The Balaban J connectivity index is 1.42. The quantitative estimate of drug-likeness (QED) is 0.852. The Morgan fingerprint density at radius 3 is 2.62 bits per heavy atom. The highest BCUT2D eigenvalue weighted by Crippen LogP contribution is 2.26. The van der Waals surface area contributed by atoms with Crippen molar-refractivity contribution in [2.45, 2.75) is 25.9 Å². The number of fused-ring (bicyclic) bond motifs is 1. The molecule has 0 bridgehead atoms. The molecule has 2 aliphatic heterocycles. The van der Waals surface area contributed by atoms with E-state index in [9.17, 15) is 14.0 Å². The highest BCUT2D eigenvalue weighted by Gasteiger charge is 2.37. The molecule has 4 rings (SSSR count). The summed E-state index contributed by atoms with van der Waals surface area (Å²) in [6, 6.07) is 14.6. The predicted octanol–water partition coefficient (Wildman–Crippen LogP) is 2.76. The fourth-order valence-corrected chi connectivity index (χ4v) is 3.86. The Hall–Kier alpha value is -2.69. The van der Waals surface area contributed by atoms with E-state index >= 15 is 0 Å². The molecule has 4 nitrogen and oxygen atoms in total. The second-order valence-corrected chi connectivity index (χ2v) is 7.05. The normalized spacial score (nSPS) is 19.6. The molecule has 2 aliphatic rings. The first-order valence-corrected chi connectivity index (χ1v) is 8.98. The number of halogens is 1. The van der Waals surface area contributed by atoms with Crippen LogP contribution in [0.2, 0.25) is 0 Å². The lowest BCUT2D eigenvalue weighted by Crippen LogP contribution is -2.40. The minimum atomic E-state index is -0.334. The summed E-state index contributed by atoms with van der Waals surface area (Å²) in [6.07, 6.45) is 1.06. The number of amides is 2. The molecule has 0 aromatic heterocycles. The first-order chi connectivity index (χ1) is 12.6. The van der Waals surface area contributed by atoms with Crippen molar-refractivity contribution in [1.82, 2.24) is 9.80 Å². The lowest BCUT2D eigenvalue weighted by molar-refractivity contribution is -0.136. The van der Waals surface area contributed by atoms with Crippen LogP contribution in [0, 0.1) is 11.7 Å². The van der Waals surface area contributed by atoms with Gasteiger partial charge in [-0.3, -0.25) is 9.59 Å². The molecule has 2 aromatic rings. The van der Waals surface area contributed by atoms with Crippen LogP contribution >= 0.6 is 0 Å². The average molecular weight is 352 g/mol. The first-order valence-electron chi connectivity index (χ1n) is 8.98. The van der Waals surface area contributed by atoms with Crippen molar-refractivity contribution >= 4 is 11.8 Å². The Morgan fingerprint density at radius 1 is 1.08 bits per heavy atom. The minimum Gasteiger partial charge on any atom is -0.338 e. The van der Waals surface area contributed by atoms with Crippen molar-refractivity contribution in [2.24, 2.45) is 5.92 Å². The van der Waals surface area contributed by atoms with Crippen LogP contribution < -0.4 is 0 Å². The molecule has 0 spiro atoms. The summed E-state index contributed by atoms with van der Waals surface area (Å²) in [4.78, 5) is 28.7. The zero-order valence-corrected chi connectivity index (χ0v) is 14.5. The van der Waals surface area contributed by atoms with E-state index in [1.165, 1.54) is 17.2 Å². The lowest BCUT2D eigenvalue weighted by Gasteiger charge is -2.30. The van der Waals surface area contributed by atoms with Crippen LogP contribution in [-0.2, 0) is 29.1 Å². The number of likely N-dealkylation sites (tertiary alicyclic amines) is 1. The summed E-state index contributed by atoms with van der Waals surface area (Å²) >= 11 is 0. The van der Waals surface area contributed by atoms with Crippen molar-refractivity contribution in [3.05, 3.63) is 71.0 Å². The lowest BCUT2D eigenvalue weighted by atomic mass is 9.98. The van der Waals surface area contributed by atoms with Crippen LogP contribution in [0.1, 0.15) is 23.1 Å². The Labute approximate surface area is 152 Å². The fraction of sp³-hybridized carbons (Fsp3) is 0.333. The van der Waals surface area contributed by atoms with Gasteiger partial charge in [-0.1, -0.05) is 42.5 Å². The maximum absolute atomic E-state index is 13.8. The molecule has 2 heterocycles. The third kappa shape index (κ3) is 3.21. The van der Waals surface area contributed by atoms with Gasteiger partial charge in [0.1, 0.15) is 5.82 Å². The van der Waals surface area contributed by atoms with E-state index in [1.807, 2.05) is 17.0 Å². The van der Waals surface area contributed by atoms with Gasteiger partial charge in [0.2, 0.25) is 11.8 Å². The minimum absolute atomic E-state index is 0.0314. The zero-order valence-electron chi connectivity index (χ0n) is 14.5. The molecule has 1 unspecified atom stereocenters. The van der Waals surface area contributed by atoms with E-state index in [1.54, 1.807) is 23.1 Å². The van der Waals surface area contributed by atoms with E-state index in [2.05, 4.69) is 12.1 Å². The highest BCUT2D eigenvalue weighted by molar-refractivity contribution is 5.89. The van der Waals surface area contributed by atoms with Crippen LogP contribution in [0.25, 0.3) is 0 Å². The third-order valence-corrected chi connectivity index (χ3v) is 5.33. The molecule has 0 aliphatic carbocycles. The summed E-state index contributed by atoms with van der Waals surface area (Å²) in [6.45, 7) is 1.88. The van der Waals surface area contributed by atoms with Gasteiger partial charge in [0.25, 0.3) is 0 Å². The average Bonchev–Trinajstić information content (AvgIpc) is 3.03. The third-order valence-electron chi connectivity index (χ3n) is 5.33. The van der Waals surface area contributed by atoms with Gasteiger partial charge in [-0.2, -0.15) is 0 Å². The summed E-state index contributed by atoms with van der Waals surface area (Å²) < 4.78 is 13.8. The molecule has 0 N–H and O–H groups in total. The van der Waals surface area contributed by atoms with Crippen molar-refractivity contribution in [1.29, 1.82) is 0 Å². The molecule has 0 saturated carbocycles. The van der Waals surface area contributed by atoms with Gasteiger partial charge in [-0.25, -0.2) is 4.39 Å². The van der Waals surface area contributed by atoms with Crippen LogP contribution in [0.15, 0.2) is 48.5 Å². The first kappa shape index (κ1) is 16.8. The second kappa shape index (κ2) is 6.90. The number of carbonyl (C=O) groups is 2. The van der Waals surface area contributed by atoms with Crippen molar-refractivity contribution < 1.29 is 14.0 Å². The zero-order chi connectivity index (χ0) is 18.1. The summed E-state index contributed by atoms with van der Waals surface area (Å²) in [5.41, 5.74) is 2.96. The van der Waals surface area contributed by atoms with Crippen LogP contribution in [0.4, 0.5) is 4.39 Å². The smallest absolute Gasteiger partial charge is 0.228 e. The van der Waals surface area contributed by atoms with Crippen LogP contribution in [0.3, 0.4) is 0 Å². The molecule has 0 radical (unpaired) electrons. The molecular formula is C21H21FN2O2. The maximum atomic E-state index is 13.8. The second-order valence-electron chi connectivity index (χ2n) is 7.05. The molecular weight excluding hydrogens is 331 g/mol. The van der Waals surface area contributed by atoms with Gasteiger partial charge in [-0.15, -0.1) is 0 Å². The Kier molecular flexibility index (Phi) is 4.45. The number of benzene rings is 2. The van der Waals surface area contributed by atoms with Crippen molar-refractivity contribution in [3.8, 4) is 0 Å². The van der Waals surface area contributed by atoms with Gasteiger partial charge in [-0.05, 0) is 23.6 Å². The molecule has 2 amide bonds. The predicted molar refractivity (Wildman–Crippen MR) is 95.5 cm³/mol. The van der Waals surface area contributed by atoms with Crippen LogP contribution in [0.5, 0.6) is 0 Å². The largest absolute Gasteiger partial charge is 0.338 e. The number of rotatable bonds is 3. The standard InChI is InChI=1S/C21H21FN2O2/c22-19-8-4-3-7-17(19)13-24-14-18(11-20(24)25)21(26)23-10-9-15-5-1-2-6-16(15)12-23/h1-8,18H,9-14H2. The molecule has 1 fully saturated rings. The van der Waals surface area contributed by atoms with Gasteiger partial charge in [0, 0.05) is 38.2 Å². The van der Waals surface area contributed by atoms with E-state index in [0.29, 0.717) is 25.2 Å². The SMILES string of the molecule is O=C1CC(C(=O)N2CCc3ccccc3C2)CN1Cc1ccccc1F. The number of hydrogen-bond acceptors (Lipinski definition) is 2. The maximum Gasteiger partial charge on any atom is 0.228 e. The topological polar surface area (TPSA) is 40.6 Å². The molecule has 5 heteroatoms. The number of nitrogens with zero attached hydrogens (tertiary/aromatic N) is 2. The number of carbonyl (C=O) groups excluding carboxylic acids is 2. The van der Waals surface area contributed by atoms with Crippen LogP contribution in [-0.4, -0.2) is 34.7 Å². The molecule has 2 aromatic carbocycles. The van der Waals surface area contributed by atoms with E-state index in [0.717, 1.165) is 6.42 Å². The van der Waals surface area contributed by atoms with E-state index < -0.39 is 0 Å². The highest BCUT2D eigenvalue weighted by atomic mass is 19.1. The Bertz CT molecular complexity index is 851. The number of hydrogen-bond donors (Lipinski definition) is 0. The summed E-state index contributed by atoms with van der Waals surface area (Å²) in [7, 11) is 0. The molecule has 1 saturated heterocycles. The Morgan fingerprint density at radius 2 is 1.81 bits per heavy atom. The fourth-order valence-electron chi connectivity index (χ4n) is 3.86. The van der Waals surface area contributed by atoms with Gasteiger partial charge in [0.05, 0.1) is 5.92 Å². The van der Waals surface area contributed by atoms with Gasteiger partial charge in [0.15, 0.2) is 0 Å². The summed E-state index contributed by atoms with van der Waals surface area (Å²) in [5.74, 6) is -0.699. The summed E-state index contributed by atoms with van der Waals surface area (Å²) in [5, 5.41) is 0. The van der Waals surface area contributed by atoms with Gasteiger partial charge < -0.3 is 9.80 Å². The molecule has 134 valence electrons.